The summed E-state index contributed by atoms with van der Waals surface area (Å²) in [5.41, 5.74) is 6.19. The smallest absolute Gasteiger partial charge is 0.251 e. The van der Waals surface area contributed by atoms with Gasteiger partial charge in [-0.05, 0) is 17.7 Å². The van der Waals surface area contributed by atoms with Crippen molar-refractivity contribution in [1.82, 2.24) is 5.32 Å². The molecule has 0 aliphatic carbocycles. The molecule has 2 rings (SSSR count). The van der Waals surface area contributed by atoms with Crippen LogP contribution in [0.4, 0.5) is 0 Å². The van der Waals surface area contributed by atoms with Gasteiger partial charge in [0, 0.05) is 5.56 Å². The van der Waals surface area contributed by atoms with Gasteiger partial charge in [-0.3, -0.25) is 9.59 Å². The Bertz CT molecular complexity index is 614. The third-order valence-corrected chi connectivity index (χ3v) is 3.09. The molecular weight excluding hydrogens is 268 g/mol. The van der Waals surface area contributed by atoms with Crippen molar-refractivity contribution < 1.29 is 14.7 Å². The van der Waals surface area contributed by atoms with E-state index in [0.29, 0.717) is 11.1 Å². The number of nitrogens with two attached hydrogens (primary N) is 1. The summed E-state index contributed by atoms with van der Waals surface area (Å²) in [4.78, 5) is 23.4. The molecule has 0 spiro atoms. The predicted octanol–water partition coefficient (Wildman–Crippen LogP) is 1.00. The van der Waals surface area contributed by atoms with Crippen LogP contribution in [0.1, 0.15) is 22.0 Å². The summed E-state index contributed by atoms with van der Waals surface area (Å²) in [5.74, 6) is -1.28. The fraction of sp³-hybridized carbons (Fsp3) is 0.125. The van der Waals surface area contributed by atoms with E-state index in [1.807, 2.05) is 0 Å². The van der Waals surface area contributed by atoms with Gasteiger partial charge in [-0.15, -0.1) is 0 Å². The summed E-state index contributed by atoms with van der Waals surface area (Å²) >= 11 is 0. The molecule has 0 saturated heterocycles. The molecule has 2 aromatic carbocycles. The molecular formula is C16H16N2O3. The van der Waals surface area contributed by atoms with E-state index in [2.05, 4.69) is 5.32 Å². The highest BCUT2D eigenvalue weighted by Crippen LogP contribution is 2.17. The van der Waals surface area contributed by atoms with E-state index < -0.39 is 18.1 Å². The van der Waals surface area contributed by atoms with Gasteiger partial charge >= 0.3 is 0 Å². The first-order valence-electron chi connectivity index (χ1n) is 6.48. The van der Waals surface area contributed by atoms with E-state index in [4.69, 9.17) is 5.73 Å². The second-order valence-electron chi connectivity index (χ2n) is 4.58. The van der Waals surface area contributed by atoms with E-state index in [-0.39, 0.29) is 5.91 Å². The van der Waals surface area contributed by atoms with Crippen molar-refractivity contribution in [2.45, 2.75) is 12.1 Å². The van der Waals surface area contributed by atoms with Crippen LogP contribution in [0.2, 0.25) is 0 Å². The fourth-order valence-corrected chi connectivity index (χ4v) is 1.98. The lowest BCUT2D eigenvalue weighted by Crippen LogP contribution is -2.43. The van der Waals surface area contributed by atoms with Crippen molar-refractivity contribution in [1.29, 1.82) is 0 Å². The highest BCUT2D eigenvalue weighted by atomic mass is 16.3. The Morgan fingerprint density at radius 2 is 1.48 bits per heavy atom. The summed E-state index contributed by atoms with van der Waals surface area (Å²) < 4.78 is 0. The van der Waals surface area contributed by atoms with Crippen molar-refractivity contribution in [2.75, 3.05) is 0 Å². The lowest BCUT2D eigenvalue weighted by Gasteiger charge is -2.22. The fourth-order valence-electron chi connectivity index (χ4n) is 1.98. The van der Waals surface area contributed by atoms with Crippen LogP contribution in [0.5, 0.6) is 0 Å². The van der Waals surface area contributed by atoms with Crippen LogP contribution in [0.15, 0.2) is 60.7 Å². The third-order valence-electron chi connectivity index (χ3n) is 3.09. The molecule has 21 heavy (non-hydrogen) atoms. The van der Waals surface area contributed by atoms with Crippen molar-refractivity contribution in [3.8, 4) is 0 Å². The van der Waals surface area contributed by atoms with Crippen molar-refractivity contribution in [2.24, 2.45) is 5.73 Å². The third kappa shape index (κ3) is 3.67. The normalized spacial score (nSPS) is 13.2. The highest BCUT2D eigenvalue weighted by molar-refractivity contribution is 5.95. The van der Waals surface area contributed by atoms with Crippen LogP contribution in [0, 0.1) is 0 Å². The maximum absolute atomic E-state index is 12.2. The predicted molar refractivity (Wildman–Crippen MR) is 78.3 cm³/mol. The minimum absolute atomic E-state index is 0.384. The van der Waals surface area contributed by atoms with Gasteiger partial charge in [0.05, 0.1) is 6.04 Å². The number of aliphatic hydroxyl groups excluding tert-OH is 1. The molecule has 2 amide bonds. The molecule has 0 radical (unpaired) electrons. The van der Waals surface area contributed by atoms with E-state index in [0.717, 1.165) is 0 Å². The Morgan fingerprint density at radius 3 is 2.00 bits per heavy atom. The molecule has 0 aliphatic rings. The largest absolute Gasteiger partial charge is 0.381 e. The molecule has 0 aromatic heterocycles. The SMILES string of the molecule is NC(=O)[C@H](O)[C@@H](NC(=O)c1ccccc1)c1ccccc1. The molecule has 5 heteroatoms. The highest BCUT2D eigenvalue weighted by Gasteiger charge is 2.27. The number of amides is 2. The number of hydrogen-bond donors (Lipinski definition) is 3. The average molecular weight is 284 g/mol. The van der Waals surface area contributed by atoms with Crippen molar-refractivity contribution >= 4 is 11.8 Å². The number of carbonyl (C=O) groups is 2. The van der Waals surface area contributed by atoms with Gasteiger partial charge < -0.3 is 16.2 Å². The molecule has 0 aliphatic heterocycles. The van der Waals surface area contributed by atoms with Crippen LogP contribution in [0.3, 0.4) is 0 Å². The maximum Gasteiger partial charge on any atom is 0.251 e. The number of aliphatic hydroxyl groups is 1. The Morgan fingerprint density at radius 1 is 0.952 bits per heavy atom. The zero-order chi connectivity index (χ0) is 15.2. The molecule has 5 nitrogen and oxygen atoms in total. The van der Waals surface area contributed by atoms with Gasteiger partial charge in [0.1, 0.15) is 0 Å². The van der Waals surface area contributed by atoms with Crippen LogP contribution in [-0.2, 0) is 4.79 Å². The van der Waals surface area contributed by atoms with Gasteiger partial charge in [0.2, 0.25) is 5.91 Å². The number of benzene rings is 2. The second kappa shape index (κ2) is 6.67. The van der Waals surface area contributed by atoms with Gasteiger partial charge in [0.15, 0.2) is 6.10 Å². The quantitative estimate of drug-likeness (QED) is 0.765. The summed E-state index contributed by atoms with van der Waals surface area (Å²) in [6.07, 6.45) is -1.50. The molecule has 0 heterocycles. The molecule has 0 saturated carbocycles. The van der Waals surface area contributed by atoms with Crippen molar-refractivity contribution in [3.05, 3.63) is 71.8 Å². The summed E-state index contributed by atoms with van der Waals surface area (Å²) in [6.45, 7) is 0. The summed E-state index contributed by atoms with van der Waals surface area (Å²) in [6, 6.07) is 16.4. The zero-order valence-electron chi connectivity index (χ0n) is 11.3. The molecule has 2 atom stereocenters. The molecule has 0 bridgehead atoms. The van der Waals surface area contributed by atoms with E-state index in [1.54, 1.807) is 60.7 Å². The number of carbonyl (C=O) groups excluding carboxylic acids is 2. The van der Waals surface area contributed by atoms with Crippen molar-refractivity contribution in [3.63, 3.8) is 0 Å². The molecule has 4 N–H and O–H groups in total. The van der Waals surface area contributed by atoms with Gasteiger partial charge in [-0.1, -0.05) is 48.5 Å². The first-order valence-corrected chi connectivity index (χ1v) is 6.48. The van der Waals surface area contributed by atoms with Gasteiger partial charge in [0.25, 0.3) is 5.91 Å². The molecule has 0 fully saturated rings. The number of nitrogens with one attached hydrogen (secondary N) is 1. The lowest BCUT2D eigenvalue weighted by atomic mass is 10.0. The van der Waals surface area contributed by atoms with Crippen LogP contribution in [-0.4, -0.2) is 23.0 Å². The number of hydrogen-bond acceptors (Lipinski definition) is 3. The first kappa shape index (κ1) is 14.7. The maximum atomic E-state index is 12.2. The van der Waals surface area contributed by atoms with E-state index >= 15 is 0 Å². The zero-order valence-corrected chi connectivity index (χ0v) is 11.3. The Hall–Kier alpha value is -2.66. The van der Waals surface area contributed by atoms with Gasteiger partial charge in [-0.2, -0.15) is 0 Å². The molecule has 2 aromatic rings. The topological polar surface area (TPSA) is 92.4 Å². The van der Waals surface area contributed by atoms with E-state index in [9.17, 15) is 14.7 Å². The minimum atomic E-state index is -1.50. The molecule has 0 unspecified atom stereocenters. The van der Waals surface area contributed by atoms with Crippen LogP contribution in [0.25, 0.3) is 0 Å². The van der Waals surface area contributed by atoms with Crippen LogP contribution < -0.4 is 11.1 Å². The second-order valence-corrected chi connectivity index (χ2v) is 4.58. The standard InChI is InChI=1S/C16H16N2O3/c17-15(20)14(19)13(11-7-3-1-4-8-11)18-16(21)12-9-5-2-6-10-12/h1-10,13-14,19H,(H2,17,20)(H,18,21)/t13-,14+/m0/s1. The average Bonchev–Trinajstić information content (AvgIpc) is 2.53. The van der Waals surface area contributed by atoms with E-state index in [1.165, 1.54) is 0 Å². The summed E-state index contributed by atoms with van der Waals surface area (Å²) in [5, 5.41) is 12.6. The summed E-state index contributed by atoms with van der Waals surface area (Å²) in [7, 11) is 0. The van der Waals surface area contributed by atoms with Crippen LogP contribution >= 0.6 is 0 Å². The number of rotatable bonds is 5. The minimum Gasteiger partial charge on any atom is -0.381 e. The Labute approximate surface area is 122 Å². The first-order chi connectivity index (χ1) is 10.1. The monoisotopic (exact) mass is 284 g/mol. The Kier molecular flexibility index (Phi) is 4.68. The lowest BCUT2D eigenvalue weighted by molar-refractivity contribution is -0.127. The molecule has 108 valence electrons. The number of primary amides is 1. The van der Waals surface area contributed by atoms with Gasteiger partial charge in [-0.25, -0.2) is 0 Å². The Balaban J connectivity index is 2.25.